The molecule has 0 bridgehead atoms. The maximum absolute atomic E-state index is 11.0. The normalized spacial score (nSPS) is 16.4. The van der Waals surface area contributed by atoms with E-state index in [0.717, 1.165) is 44.7 Å². The van der Waals surface area contributed by atoms with Crippen LogP contribution in [0.1, 0.15) is 25.3 Å². The molecule has 1 aliphatic rings. The number of rotatable bonds is 7. The van der Waals surface area contributed by atoms with Crippen molar-refractivity contribution in [2.24, 2.45) is 0 Å². The summed E-state index contributed by atoms with van der Waals surface area (Å²) in [6.45, 7) is 5.86. The lowest BCUT2D eigenvalue weighted by Crippen LogP contribution is -2.46. The minimum atomic E-state index is -0.738. The Morgan fingerprint density at radius 1 is 1.28 bits per heavy atom. The number of aromatic nitrogens is 2. The zero-order chi connectivity index (χ0) is 17.6. The van der Waals surface area contributed by atoms with Gasteiger partial charge in [0.2, 0.25) is 0 Å². The maximum atomic E-state index is 11.0. The summed E-state index contributed by atoms with van der Waals surface area (Å²) in [7, 11) is 0. The minimum absolute atomic E-state index is 0.144. The van der Waals surface area contributed by atoms with Crippen LogP contribution in [0.15, 0.2) is 42.7 Å². The predicted molar refractivity (Wildman–Crippen MR) is 96.7 cm³/mol. The summed E-state index contributed by atoms with van der Waals surface area (Å²) in [6, 6.07) is 10.5. The summed E-state index contributed by atoms with van der Waals surface area (Å²) in [6.07, 6.45) is 6.06. The number of nitrogens with zero attached hydrogens (tertiary/aromatic N) is 4. The largest absolute Gasteiger partial charge is 0.480 e. The zero-order valence-corrected chi connectivity index (χ0v) is 14.7. The Kier molecular flexibility index (Phi) is 5.83. The van der Waals surface area contributed by atoms with Crippen molar-refractivity contribution in [2.75, 3.05) is 26.2 Å². The molecule has 2 heterocycles. The number of hydrogen-bond acceptors (Lipinski definition) is 4. The number of likely N-dealkylation sites (N-methyl/N-ethyl adjacent to an activating group) is 1. The van der Waals surface area contributed by atoms with Crippen LogP contribution in [0.25, 0.3) is 5.69 Å². The summed E-state index contributed by atoms with van der Waals surface area (Å²) in [5, 5.41) is 13.5. The van der Waals surface area contributed by atoms with Gasteiger partial charge in [-0.15, -0.1) is 0 Å². The van der Waals surface area contributed by atoms with Crippen LogP contribution in [0.3, 0.4) is 0 Å². The van der Waals surface area contributed by atoms with Crippen molar-refractivity contribution >= 4 is 5.97 Å². The van der Waals surface area contributed by atoms with E-state index in [4.69, 9.17) is 5.11 Å². The lowest BCUT2D eigenvalue weighted by molar-refractivity contribution is -0.139. The van der Waals surface area contributed by atoms with Gasteiger partial charge in [-0.2, -0.15) is 5.10 Å². The second-order valence-electron chi connectivity index (χ2n) is 6.59. The molecule has 6 nitrogen and oxygen atoms in total. The fraction of sp³-hybridized carbons (Fsp3) is 0.474. The van der Waals surface area contributed by atoms with Gasteiger partial charge in [-0.3, -0.25) is 14.6 Å². The molecule has 1 fully saturated rings. The first-order chi connectivity index (χ1) is 12.2. The third kappa shape index (κ3) is 4.67. The molecular formula is C19H26N4O2. The van der Waals surface area contributed by atoms with Crippen LogP contribution in [0.4, 0.5) is 0 Å². The highest BCUT2D eigenvalue weighted by atomic mass is 16.4. The number of carboxylic acid groups (broad SMARTS) is 1. The van der Waals surface area contributed by atoms with E-state index in [9.17, 15) is 4.79 Å². The molecule has 1 saturated heterocycles. The molecule has 0 unspecified atom stereocenters. The predicted octanol–water partition coefficient (Wildman–Crippen LogP) is 2.24. The molecule has 0 saturated carbocycles. The topological polar surface area (TPSA) is 61.6 Å². The molecule has 2 aromatic rings. The first-order valence-corrected chi connectivity index (χ1v) is 8.93. The fourth-order valence-corrected chi connectivity index (χ4v) is 3.54. The summed E-state index contributed by atoms with van der Waals surface area (Å²) < 4.78 is 1.91. The van der Waals surface area contributed by atoms with Crippen molar-refractivity contribution in [3.63, 3.8) is 0 Å². The van der Waals surface area contributed by atoms with Crippen molar-refractivity contribution in [1.29, 1.82) is 0 Å². The summed E-state index contributed by atoms with van der Waals surface area (Å²) >= 11 is 0. The lowest BCUT2D eigenvalue weighted by atomic mass is 10.0. The molecule has 134 valence electrons. The van der Waals surface area contributed by atoms with Crippen LogP contribution in [0.2, 0.25) is 0 Å². The molecule has 0 spiro atoms. The van der Waals surface area contributed by atoms with E-state index >= 15 is 0 Å². The third-order valence-corrected chi connectivity index (χ3v) is 4.88. The van der Waals surface area contributed by atoms with Crippen LogP contribution in [0, 0.1) is 0 Å². The Bertz CT molecular complexity index is 678. The molecule has 1 aromatic heterocycles. The first kappa shape index (κ1) is 17.6. The number of carboxylic acids is 1. The molecule has 1 aromatic carbocycles. The molecule has 1 N–H and O–H groups in total. The Balaban J connectivity index is 1.52. The van der Waals surface area contributed by atoms with Crippen molar-refractivity contribution in [2.45, 2.75) is 32.4 Å². The van der Waals surface area contributed by atoms with E-state index in [-0.39, 0.29) is 6.54 Å². The van der Waals surface area contributed by atoms with Crippen molar-refractivity contribution in [3.05, 3.63) is 48.3 Å². The van der Waals surface area contributed by atoms with Gasteiger partial charge in [0.25, 0.3) is 0 Å². The van der Waals surface area contributed by atoms with Crippen LogP contribution < -0.4 is 0 Å². The average molecular weight is 342 g/mol. The molecule has 6 heteroatoms. The molecule has 3 rings (SSSR count). The van der Waals surface area contributed by atoms with Crippen molar-refractivity contribution < 1.29 is 9.90 Å². The van der Waals surface area contributed by atoms with E-state index in [1.165, 1.54) is 5.56 Å². The van der Waals surface area contributed by atoms with Crippen LogP contribution in [-0.4, -0.2) is 62.9 Å². The smallest absolute Gasteiger partial charge is 0.317 e. The quantitative estimate of drug-likeness (QED) is 0.836. The molecule has 0 amide bonds. The van der Waals surface area contributed by atoms with Crippen LogP contribution in [-0.2, 0) is 11.3 Å². The Morgan fingerprint density at radius 3 is 2.64 bits per heavy atom. The highest BCUT2D eigenvalue weighted by Gasteiger charge is 2.25. The highest BCUT2D eigenvalue weighted by Crippen LogP contribution is 2.18. The highest BCUT2D eigenvalue weighted by molar-refractivity contribution is 5.69. The standard InChI is InChI=1S/C19H26N4O2/c1-2-22(15-19(24)25)17-8-10-21(11-9-17)13-16-12-20-23(14-16)18-6-4-3-5-7-18/h3-7,12,14,17H,2,8-11,13,15H2,1H3,(H,24,25). The maximum Gasteiger partial charge on any atom is 0.317 e. The second-order valence-corrected chi connectivity index (χ2v) is 6.59. The van der Waals surface area contributed by atoms with Crippen molar-refractivity contribution in [3.8, 4) is 5.69 Å². The van der Waals surface area contributed by atoms with Gasteiger partial charge in [-0.05, 0) is 44.6 Å². The number of hydrogen-bond donors (Lipinski definition) is 1. The van der Waals surface area contributed by atoms with Gasteiger partial charge >= 0.3 is 5.97 Å². The number of para-hydroxylation sites is 1. The number of aliphatic carboxylic acids is 1. The Morgan fingerprint density at radius 2 is 2.00 bits per heavy atom. The SMILES string of the molecule is CCN(CC(=O)O)C1CCN(Cc2cnn(-c3ccccc3)c2)CC1. The fourth-order valence-electron chi connectivity index (χ4n) is 3.54. The molecule has 0 radical (unpaired) electrons. The van der Waals surface area contributed by atoms with Crippen molar-refractivity contribution in [1.82, 2.24) is 19.6 Å². The van der Waals surface area contributed by atoms with Gasteiger partial charge in [0.05, 0.1) is 18.4 Å². The van der Waals surface area contributed by atoms with E-state index in [2.05, 4.69) is 21.1 Å². The third-order valence-electron chi connectivity index (χ3n) is 4.88. The number of benzene rings is 1. The van der Waals surface area contributed by atoms with Gasteiger partial charge in [-0.25, -0.2) is 4.68 Å². The number of piperidine rings is 1. The molecule has 1 aliphatic heterocycles. The minimum Gasteiger partial charge on any atom is -0.480 e. The van der Waals surface area contributed by atoms with Crippen LogP contribution in [0.5, 0.6) is 0 Å². The van der Waals surface area contributed by atoms with Gasteiger partial charge in [-0.1, -0.05) is 25.1 Å². The molecule has 0 atom stereocenters. The summed E-state index contributed by atoms with van der Waals surface area (Å²) in [5.74, 6) is -0.738. The van der Waals surface area contributed by atoms with E-state index in [0.29, 0.717) is 6.04 Å². The zero-order valence-electron chi connectivity index (χ0n) is 14.7. The molecule has 0 aliphatic carbocycles. The van der Waals surface area contributed by atoms with Gasteiger partial charge in [0.1, 0.15) is 0 Å². The van der Waals surface area contributed by atoms with E-state index < -0.39 is 5.97 Å². The number of likely N-dealkylation sites (tertiary alicyclic amines) is 1. The molecule has 25 heavy (non-hydrogen) atoms. The van der Waals surface area contributed by atoms with E-state index in [1.807, 2.05) is 48.1 Å². The average Bonchev–Trinajstić information content (AvgIpc) is 3.09. The van der Waals surface area contributed by atoms with Crippen LogP contribution >= 0.6 is 0 Å². The lowest BCUT2D eigenvalue weighted by Gasteiger charge is -2.37. The van der Waals surface area contributed by atoms with Gasteiger partial charge in [0, 0.05) is 24.3 Å². The second kappa shape index (κ2) is 8.27. The Hall–Kier alpha value is -2.18. The van der Waals surface area contributed by atoms with Gasteiger partial charge < -0.3 is 5.11 Å². The Labute approximate surface area is 148 Å². The number of carbonyl (C=O) groups is 1. The van der Waals surface area contributed by atoms with E-state index in [1.54, 1.807) is 0 Å². The first-order valence-electron chi connectivity index (χ1n) is 8.93. The van der Waals surface area contributed by atoms with Gasteiger partial charge in [0.15, 0.2) is 0 Å². The summed E-state index contributed by atoms with van der Waals surface area (Å²) in [5.41, 5.74) is 2.28. The monoisotopic (exact) mass is 342 g/mol. The molecular weight excluding hydrogens is 316 g/mol. The summed E-state index contributed by atoms with van der Waals surface area (Å²) in [4.78, 5) is 15.5.